The van der Waals surface area contributed by atoms with Crippen LogP contribution in [0.5, 0.6) is 0 Å². The highest BCUT2D eigenvalue weighted by Gasteiger charge is 2.60. The molecule has 20 heavy (non-hydrogen) atoms. The van der Waals surface area contributed by atoms with Crippen molar-refractivity contribution in [1.82, 2.24) is 0 Å². The van der Waals surface area contributed by atoms with Gasteiger partial charge in [0.25, 0.3) is 0 Å². The second kappa shape index (κ2) is 4.48. The van der Waals surface area contributed by atoms with E-state index in [0.29, 0.717) is 16.7 Å². The zero-order valence-electron chi connectivity index (χ0n) is 13.4. The number of hydrogen-bond donors (Lipinski definition) is 1. The molecule has 1 heteroatoms. The maximum Gasteiger partial charge on any atom is 0.0581 e. The number of aliphatic hydroxyl groups is 1. The minimum atomic E-state index is -0.00903. The second-order valence-electron chi connectivity index (χ2n) is 9.14. The van der Waals surface area contributed by atoms with Gasteiger partial charge in [0, 0.05) is 0 Å². The molecule has 0 unspecified atom stereocenters. The molecule has 0 aromatic rings. The summed E-state index contributed by atoms with van der Waals surface area (Å²) in [5, 5.41) is 11.0. The molecule has 0 aromatic heterocycles. The Morgan fingerprint density at radius 1 is 0.900 bits per heavy atom. The molecule has 0 aliphatic heterocycles. The molecular formula is C19H32O. The van der Waals surface area contributed by atoms with E-state index in [0.717, 1.165) is 24.2 Å². The molecule has 4 aliphatic carbocycles. The Hall–Kier alpha value is -0.0400. The zero-order chi connectivity index (χ0) is 14.0. The number of aliphatic hydroxyl groups excluding tert-OH is 1. The van der Waals surface area contributed by atoms with Gasteiger partial charge in [0.2, 0.25) is 0 Å². The molecule has 0 saturated heterocycles. The molecule has 1 N–H and O–H groups in total. The average Bonchev–Trinajstić information content (AvgIpc) is 2.78. The molecule has 4 aliphatic rings. The highest BCUT2D eigenvalue weighted by Crippen LogP contribution is 2.66. The predicted octanol–water partition coefficient (Wildman–Crippen LogP) is 4.78. The lowest BCUT2D eigenvalue weighted by Gasteiger charge is -2.61. The van der Waals surface area contributed by atoms with Gasteiger partial charge in [-0.1, -0.05) is 33.1 Å². The largest absolute Gasteiger partial charge is 0.393 e. The first-order valence-corrected chi connectivity index (χ1v) is 9.23. The van der Waals surface area contributed by atoms with Crippen LogP contribution in [0.4, 0.5) is 0 Å². The van der Waals surface area contributed by atoms with E-state index in [1.807, 2.05) is 0 Å². The van der Waals surface area contributed by atoms with Crippen molar-refractivity contribution in [1.29, 1.82) is 0 Å². The van der Waals surface area contributed by atoms with Gasteiger partial charge >= 0.3 is 0 Å². The lowest BCUT2D eigenvalue weighted by molar-refractivity contribution is -0.162. The van der Waals surface area contributed by atoms with E-state index in [4.69, 9.17) is 0 Å². The lowest BCUT2D eigenvalue weighted by atomic mass is 9.44. The van der Waals surface area contributed by atoms with Gasteiger partial charge in [0.1, 0.15) is 0 Å². The fourth-order valence-electron chi connectivity index (χ4n) is 7.43. The number of hydrogen-bond acceptors (Lipinski definition) is 1. The fraction of sp³-hybridized carbons (Fsp3) is 1.00. The summed E-state index contributed by atoms with van der Waals surface area (Å²) >= 11 is 0. The fourth-order valence-corrected chi connectivity index (χ4v) is 7.43. The third kappa shape index (κ3) is 1.71. The maximum absolute atomic E-state index is 11.0. The van der Waals surface area contributed by atoms with Gasteiger partial charge in [-0.25, -0.2) is 0 Å². The monoisotopic (exact) mass is 276 g/mol. The van der Waals surface area contributed by atoms with E-state index in [1.54, 1.807) is 0 Å². The Morgan fingerprint density at radius 2 is 1.75 bits per heavy atom. The summed E-state index contributed by atoms with van der Waals surface area (Å²) in [5.74, 6) is 3.30. The van der Waals surface area contributed by atoms with Crippen molar-refractivity contribution in [2.24, 2.45) is 34.5 Å². The van der Waals surface area contributed by atoms with Crippen LogP contribution < -0.4 is 0 Å². The van der Waals surface area contributed by atoms with Gasteiger partial charge in [-0.15, -0.1) is 0 Å². The van der Waals surface area contributed by atoms with E-state index >= 15 is 0 Å². The van der Waals surface area contributed by atoms with Crippen molar-refractivity contribution in [2.75, 3.05) is 0 Å². The third-order valence-electron chi connectivity index (χ3n) is 8.29. The van der Waals surface area contributed by atoms with Gasteiger partial charge in [-0.05, 0) is 79.4 Å². The van der Waals surface area contributed by atoms with Crippen molar-refractivity contribution in [3.8, 4) is 0 Å². The summed E-state index contributed by atoms with van der Waals surface area (Å²) in [6, 6.07) is 0. The molecule has 0 spiro atoms. The predicted molar refractivity (Wildman–Crippen MR) is 82.4 cm³/mol. The van der Waals surface area contributed by atoms with Crippen LogP contribution in [0.1, 0.15) is 78.1 Å². The van der Waals surface area contributed by atoms with Crippen molar-refractivity contribution >= 4 is 0 Å². The van der Waals surface area contributed by atoms with Crippen LogP contribution in [-0.4, -0.2) is 11.2 Å². The van der Waals surface area contributed by atoms with Crippen molar-refractivity contribution in [3.05, 3.63) is 0 Å². The zero-order valence-corrected chi connectivity index (χ0v) is 13.4. The first kappa shape index (κ1) is 13.6. The molecule has 0 amide bonds. The van der Waals surface area contributed by atoms with Crippen LogP contribution in [0.2, 0.25) is 0 Å². The van der Waals surface area contributed by atoms with Gasteiger partial charge in [-0.3, -0.25) is 0 Å². The Morgan fingerprint density at radius 3 is 2.60 bits per heavy atom. The van der Waals surface area contributed by atoms with Crippen molar-refractivity contribution in [2.45, 2.75) is 84.2 Å². The third-order valence-corrected chi connectivity index (χ3v) is 8.29. The summed E-state index contributed by atoms with van der Waals surface area (Å²) in [7, 11) is 0. The molecule has 0 bridgehead atoms. The Balaban J connectivity index is 1.69. The van der Waals surface area contributed by atoms with E-state index in [-0.39, 0.29) is 6.10 Å². The summed E-state index contributed by atoms with van der Waals surface area (Å²) in [6.45, 7) is 5.04. The Labute approximate surface area is 124 Å². The Bertz CT molecular complexity index is 391. The highest BCUT2D eigenvalue weighted by molar-refractivity contribution is 5.09. The molecule has 4 rings (SSSR count). The minimum Gasteiger partial charge on any atom is -0.393 e. The van der Waals surface area contributed by atoms with Gasteiger partial charge in [0.05, 0.1) is 6.10 Å². The van der Waals surface area contributed by atoms with Crippen molar-refractivity contribution < 1.29 is 5.11 Å². The summed E-state index contributed by atoms with van der Waals surface area (Å²) in [5.41, 5.74) is 0.933. The van der Waals surface area contributed by atoms with Crippen LogP contribution in [0, 0.1) is 34.5 Å². The maximum atomic E-state index is 11.0. The average molecular weight is 276 g/mol. The molecule has 4 fully saturated rings. The van der Waals surface area contributed by atoms with Gasteiger partial charge in [0.15, 0.2) is 0 Å². The van der Waals surface area contributed by atoms with E-state index < -0.39 is 0 Å². The van der Waals surface area contributed by atoms with E-state index in [2.05, 4.69) is 13.8 Å². The van der Waals surface area contributed by atoms with Crippen molar-refractivity contribution in [3.63, 3.8) is 0 Å². The van der Waals surface area contributed by atoms with Gasteiger partial charge in [-0.2, -0.15) is 0 Å². The van der Waals surface area contributed by atoms with Crippen LogP contribution in [-0.2, 0) is 0 Å². The first-order valence-electron chi connectivity index (χ1n) is 9.23. The summed E-state index contributed by atoms with van der Waals surface area (Å²) < 4.78 is 0. The molecule has 1 nitrogen and oxygen atoms in total. The highest BCUT2D eigenvalue weighted by atomic mass is 16.3. The minimum absolute atomic E-state index is 0.00903. The first-order chi connectivity index (χ1) is 9.55. The van der Waals surface area contributed by atoms with Gasteiger partial charge < -0.3 is 5.11 Å². The SMILES string of the molecule is C[C@]12CCC[C@@H]1[C@@H]1CC[C@H]3CCCC[C@]3(C)[C@H]1[C@@H](O)C2. The second-order valence-corrected chi connectivity index (χ2v) is 9.14. The van der Waals surface area contributed by atoms with Crippen LogP contribution >= 0.6 is 0 Å². The summed E-state index contributed by atoms with van der Waals surface area (Å²) in [6.07, 6.45) is 13.9. The Kier molecular flexibility index (Phi) is 3.05. The normalized spacial score (nSPS) is 58.6. The number of rotatable bonds is 0. The van der Waals surface area contributed by atoms with Crippen LogP contribution in [0.15, 0.2) is 0 Å². The van der Waals surface area contributed by atoms with Crippen LogP contribution in [0.3, 0.4) is 0 Å². The molecule has 114 valence electrons. The molecule has 0 heterocycles. The molecule has 4 saturated carbocycles. The number of fused-ring (bicyclic) bond motifs is 5. The smallest absolute Gasteiger partial charge is 0.0581 e. The standard InChI is InChI=1S/C19H32O/c1-18-10-5-7-15(18)14-9-8-13-6-3-4-11-19(13,2)17(14)16(20)12-18/h13-17,20H,3-12H2,1-2H3/t13-,14+,15-,16+,17-,18-,19+/m1/s1. The summed E-state index contributed by atoms with van der Waals surface area (Å²) in [4.78, 5) is 0. The lowest BCUT2D eigenvalue weighted by Crippen LogP contribution is -2.57. The van der Waals surface area contributed by atoms with E-state index in [9.17, 15) is 5.11 Å². The van der Waals surface area contributed by atoms with E-state index in [1.165, 1.54) is 57.8 Å². The molecule has 0 radical (unpaired) electrons. The molecule has 0 aromatic carbocycles. The quantitative estimate of drug-likeness (QED) is 0.675. The topological polar surface area (TPSA) is 20.2 Å². The van der Waals surface area contributed by atoms with Crippen LogP contribution in [0.25, 0.3) is 0 Å². The molecular weight excluding hydrogens is 244 g/mol. The molecule has 7 atom stereocenters.